The molecular formula is C9H12N2O. The number of aromatic nitrogens is 1. The summed E-state index contributed by atoms with van der Waals surface area (Å²) in [4.78, 5) is 2.99. The number of rotatable bonds is 1. The molecule has 12 heavy (non-hydrogen) atoms. The zero-order chi connectivity index (χ0) is 8.77. The maximum atomic E-state index is 5.87. The first kappa shape index (κ1) is 7.43. The molecule has 0 amide bonds. The van der Waals surface area contributed by atoms with Crippen LogP contribution in [0.2, 0.25) is 0 Å². The average Bonchev–Trinajstić information content (AvgIpc) is 2.37. The lowest BCUT2D eigenvalue weighted by Gasteiger charge is -2.13. The molecule has 0 bridgehead atoms. The summed E-state index contributed by atoms with van der Waals surface area (Å²) in [5.41, 5.74) is 6.26. The van der Waals surface area contributed by atoms with Crippen molar-refractivity contribution >= 4 is 11.1 Å². The molecule has 0 unspecified atom stereocenters. The van der Waals surface area contributed by atoms with Gasteiger partial charge < -0.3 is 15.1 Å². The number of H-pyrrole nitrogens is 1. The highest BCUT2D eigenvalue weighted by Gasteiger charge is 2.19. The second kappa shape index (κ2) is 2.14. The quantitative estimate of drug-likeness (QED) is 0.676. The van der Waals surface area contributed by atoms with Crippen LogP contribution in [0.4, 0.5) is 0 Å². The Morgan fingerprint density at radius 2 is 2.25 bits per heavy atom. The summed E-state index contributed by atoms with van der Waals surface area (Å²) in [7, 11) is 0. The van der Waals surface area contributed by atoms with E-state index < -0.39 is 5.54 Å². The molecule has 0 aromatic carbocycles. The smallest absolute Gasteiger partial charge is 0.204 e. The Bertz CT molecular complexity index is 363. The van der Waals surface area contributed by atoms with Crippen LogP contribution >= 0.6 is 0 Å². The summed E-state index contributed by atoms with van der Waals surface area (Å²) in [6.45, 7) is 3.84. The molecule has 3 N–H and O–H groups in total. The predicted molar refractivity (Wildman–Crippen MR) is 47.8 cm³/mol. The standard InChI is InChI=1S/C9H12N2O/c1-9(2,10)7-5-6-3-4-11-8(6)12-7/h3-5,11H,10H2,1-2H3. The summed E-state index contributed by atoms with van der Waals surface area (Å²) in [6, 6.07) is 3.93. The van der Waals surface area contributed by atoms with Crippen LogP contribution in [-0.2, 0) is 5.54 Å². The molecule has 0 fully saturated rings. The van der Waals surface area contributed by atoms with Gasteiger partial charge in [0.15, 0.2) is 0 Å². The van der Waals surface area contributed by atoms with Crippen LogP contribution in [0.25, 0.3) is 11.1 Å². The van der Waals surface area contributed by atoms with E-state index >= 15 is 0 Å². The van der Waals surface area contributed by atoms with E-state index in [4.69, 9.17) is 10.2 Å². The van der Waals surface area contributed by atoms with Crippen molar-refractivity contribution in [1.29, 1.82) is 0 Å². The van der Waals surface area contributed by atoms with Crippen LogP contribution in [0, 0.1) is 0 Å². The second-order valence-corrected chi connectivity index (χ2v) is 3.59. The fraction of sp³-hybridized carbons (Fsp3) is 0.333. The molecule has 64 valence electrons. The van der Waals surface area contributed by atoms with Crippen LogP contribution < -0.4 is 5.73 Å². The van der Waals surface area contributed by atoms with E-state index in [2.05, 4.69) is 4.98 Å². The number of hydrogen-bond acceptors (Lipinski definition) is 2. The first-order chi connectivity index (χ1) is 5.57. The molecule has 0 radical (unpaired) electrons. The molecule has 3 nitrogen and oxygen atoms in total. The van der Waals surface area contributed by atoms with Crippen LogP contribution in [0.1, 0.15) is 19.6 Å². The van der Waals surface area contributed by atoms with E-state index in [-0.39, 0.29) is 0 Å². The highest BCUT2D eigenvalue weighted by atomic mass is 16.3. The molecule has 2 aromatic heterocycles. The summed E-state index contributed by atoms with van der Waals surface area (Å²) >= 11 is 0. The van der Waals surface area contributed by atoms with Gasteiger partial charge in [-0.2, -0.15) is 0 Å². The fourth-order valence-corrected chi connectivity index (χ4v) is 1.17. The third kappa shape index (κ3) is 1.02. The average molecular weight is 164 g/mol. The van der Waals surface area contributed by atoms with Crippen molar-refractivity contribution in [2.75, 3.05) is 0 Å². The Morgan fingerprint density at radius 3 is 2.83 bits per heavy atom. The summed E-state index contributed by atoms with van der Waals surface area (Å²) < 4.78 is 5.49. The van der Waals surface area contributed by atoms with Crippen LogP contribution in [-0.4, -0.2) is 4.98 Å². The minimum absolute atomic E-state index is 0.403. The molecule has 0 spiro atoms. The molecule has 2 rings (SSSR count). The molecule has 0 aliphatic carbocycles. The molecule has 3 heteroatoms. The highest BCUT2D eigenvalue weighted by Crippen LogP contribution is 2.24. The monoisotopic (exact) mass is 164 g/mol. The molecule has 0 aliphatic heterocycles. The minimum atomic E-state index is -0.403. The summed E-state index contributed by atoms with van der Waals surface area (Å²) in [5, 5.41) is 1.07. The maximum absolute atomic E-state index is 5.87. The number of aromatic amines is 1. The zero-order valence-corrected chi connectivity index (χ0v) is 7.22. The number of nitrogens with one attached hydrogen (secondary N) is 1. The van der Waals surface area contributed by atoms with E-state index in [0.717, 1.165) is 16.9 Å². The Balaban J connectivity index is 2.59. The van der Waals surface area contributed by atoms with Gasteiger partial charge in [0.05, 0.1) is 5.54 Å². The summed E-state index contributed by atoms with van der Waals surface area (Å²) in [6.07, 6.45) is 1.85. The molecular weight excluding hydrogens is 152 g/mol. The van der Waals surface area contributed by atoms with Gasteiger partial charge >= 0.3 is 0 Å². The predicted octanol–water partition coefficient (Wildman–Crippen LogP) is 1.95. The lowest BCUT2D eigenvalue weighted by molar-refractivity contribution is 0.410. The molecule has 0 atom stereocenters. The Kier molecular flexibility index (Phi) is 1.32. The highest BCUT2D eigenvalue weighted by molar-refractivity contribution is 5.74. The molecule has 0 saturated carbocycles. The number of furan rings is 1. The van der Waals surface area contributed by atoms with Crippen molar-refractivity contribution in [1.82, 2.24) is 4.98 Å². The third-order valence-corrected chi connectivity index (χ3v) is 1.87. The van der Waals surface area contributed by atoms with Crippen molar-refractivity contribution in [2.24, 2.45) is 5.73 Å². The van der Waals surface area contributed by atoms with E-state index in [9.17, 15) is 0 Å². The van der Waals surface area contributed by atoms with E-state index in [1.54, 1.807) is 0 Å². The van der Waals surface area contributed by atoms with Crippen molar-refractivity contribution in [3.05, 3.63) is 24.1 Å². The number of nitrogens with two attached hydrogens (primary N) is 1. The van der Waals surface area contributed by atoms with E-state index in [1.807, 2.05) is 32.2 Å². The maximum Gasteiger partial charge on any atom is 0.204 e. The second-order valence-electron chi connectivity index (χ2n) is 3.59. The topological polar surface area (TPSA) is 55.0 Å². The summed E-state index contributed by atoms with van der Waals surface area (Å²) in [5.74, 6) is 0.810. The number of fused-ring (bicyclic) bond motifs is 1. The van der Waals surface area contributed by atoms with Gasteiger partial charge in [-0.1, -0.05) is 0 Å². The van der Waals surface area contributed by atoms with Crippen LogP contribution in [0.15, 0.2) is 22.7 Å². The fourth-order valence-electron chi connectivity index (χ4n) is 1.17. The lowest BCUT2D eigenvalue weighted by Crippen LogP contribution is -2.27. The Morgan fingerprint density at radius 1 is 1.50 bits per heavy atom. The first-order valence-electron chi connectivity index (χ1n) is 3.93. The first-order valence-corrected chi connectivity index (χ1v) is 3.93. The van der Waals surface area contributed by atoms with E-state index in [1.165, 1.54) is 0 Å². The Hall–Kier alpha value is -1.22. The molecule has 0 aliphatic rings. The number of hydrogen-bond donors (Lipinski definition) is 2. The van der Waals surface area contributed by atoms with Crippen molar-refractivity contribution in [3.8, 4) is 0 Å². The van der Waals surface area contributed by atoms with Gasteiger partial charge in [0.25, 0.3) is 0 Å². The van der Waals surface area contributed by atoms with Crippen LogP contribution in [0.5, 0.6) is 0 Å². The molecule has 2 aromatic rings. The van der Waals surface area contributed by atoms with Gasteiger partial charge in [-0.25, -0.2) is 0 Å². The van der Waals surface area contributed by atoms with Gasteiger partial charge in [0, 0.05) is 11.6 Å². The van der Waals surface area contributed by atoms with Gasteiger partial charge in [-0.05, 0) is 26.0 Å². The van der Waals surface area contributed by atoms with Gasteiger partial charge in [0.2, 0.25) is 5.71 Å². The molecule has 2 heterocycles. The van der Waals surface area contributed by atoms with Crippen molar-refractivity contribution in [2.45, 2.75) is 19.4 Å². The van der Waals surface area contributed by atoms with Gasteiger partial charge in [0.1, 0.15) is 5.76 Å². The zero-order valence-electron chi connectivity index (χ0n) is 7.22. The van der Waals surface area contributed by atoms with Crippen molar-refractivity contribution in [3.63, 3.8) is 0 Å². The van der Waals surface area contributed by atoms with Gasteiger partial charge in [-0.15, -0.1) is 0 Å². The lowest BCUT2D eigenvalue weighted by atomic mass is 10.0. The van der Waals surface area contributed by atoms with Crippen LogP contribution in [0.3, 0.4) is 0 Å². The largest absolute Gasteiger partial charge is 0.443 e. The Labute approximate surface area is 70.6 Å². The normalized spacial score (nSPS) is 12.6. The molecule has 0 saturated heterocycles. The van der Waals surface area contributed by atoms with E-state index in [0.29, 0.717) is 0 Å². The van der Waals surface area contributed by atoms with Gasteiger partial charge in [-0.3, -0.25) is 0 Å². The SMILES string of the molecule is CC(C)(N)c1cc2cc[nH]c2o1. The van der Waals surface area contributed by atoms with Crippen molar-refractivity contribution < 1.29 is 4.42 Å². The minimum Gasteiger partial charge on any atom is -0.443 e. The third-order valence-electron chi connectivity index (χ3n) is 1.87.